The van der Waals surface area contributed by atoms with E-state index in [4.69, 9.17) is 0 Å². The van der Waals surface area contributed by atoms with Crippen molar-refractivity contribution in [3.8, 4) is 0 Å². The van der Waals surface area contributed by atoms with E-state index in [1.54, 1.807) is 10.6 Å². The first-order valence-corrected chi connectivity index (χ1v) is 11.0. The Hall–Kier alpha value is -1.67. The maximum absolute atomic E-state index is 12.7. The molecule has 2 aromatic rings. The van der Waals surface area contributed by atoms with Gasteiger partial charge in [-0.2, -0.15) is 0 Å². The van der Waals surface area contributed by atoms with Crippen LogP contribution in [-0.2, 0) is 10.0 Å². The molecule has 4 rings (SSSR count). The molecule has 0 spiro atoms. The summed E-state index contributed by atoms with van der Waals surface area (Å²) in [5, 5.41) is 1.01. The second kappa shape index (κ2) is 6.81. The van der Waals surface area contributed by atoms with E-state index in [-0.39, 0.29) is 11.7 Å². The van der Waals surface area contributed by atoms with Gasteiger partial charge in [0.1, 0.15) is 17.8 Å². The van der Waals surface area contributed by atoms with Gasteiger partial charge >= 0.3 is 0 Å². The number of hydrogen-bond acceptors (Lipinski definition) is 5. The van der Waals surface area contributed by atoms with Crippen LogP contribution in [0.25, 0.3) is 11.0 Å². The quantitative estimate of drug-likeness (QED) is 0.864. The Kier molecular flexibility index (Phi) is 4.64. The van der Waals surface area contributed by atoms with Gasteiger partial charge in [0, 0.05) is 32.4 Å². The molecular formula is C18H27N5O2S. The molecule has 0 radical (unpaired) electrons. The first kappa shape index (κ1) is 17.7. The standard InChI is InChI=1S/C18H27N5O2S/c1-13-4-3-7-23(10-13)26(24,25)11-14-8-15(9-14)22(2)18-16-5-6-19-17(16)20-12-21-18/h5-6,12-15H,3-4,7-11H2,1-2H3,(H,19,20,21)/t13?,14-,15+. The van der Waals surface area contributed by atoms with Gasteiger partial charge in [-0.05, 0) is 43.6 Å². The molecule has 1 saturated carbocycles. The van der Waals surface area contributed by atoms with Crippen LogP contribution in [0, 0.1) is 11.8 Å². The normalized spacial score (nSPS) is 27.4. The average molecular weight is 378 g/mol. The number of aromatic amines is 1. The highest BCUT2D eigenvalue weighted by molar-refractivity contribution is 7.89. The molecule has 2 aliphatic rings. The minimum atomic E-state index is -3.13. The SMILES string of the molecule is CC1CCCN(S(=O)(=O)C[C@H]2C[C@@H](N(C)c3ncnc4[nH]ccc34)C2)C1. The van der Waals surface area contributed by atoms with Crippen LogP contribution in [0.5, 0.6) is 0 Å². The van der Waals surface area contributed by atoms with Gasteiger partial charge in [-0.3, -0.25) is 0 Å². The number of nitrogens with zero attached hydrogens (tertiary/aromatic N) is 4. The van der Waals surface area contributed by atoms with E-state index in [1.807, 2.05) is 19.3 Å². The number of aromatic nitrogens is 3. The van der Waals surface area contributed by atoms with Crippen LogP contribution < -0.4 is 4.90 Å². The largest absolute Gasteiger partial charge is 0.356 e. The molecule has 142 valence electrons. The molecule has 3 heterocycles. The van der Waals surface area contributed by atoms with Crippen LogP contribution in [-0.4, -0.2) is 59.6 Å². The highest BCUT2D eigenvalue weighted by atomic mass is 32.2. The van der Waals surface area contributed by atoms with Crippen LogP contribution in [0.3, 0.4) is 0 Å². The lowest BCUT2D eigenvalue weighted by Gasteiger charge is -2.42. The molecule has 26 heavy (non-hydrogen) atoms. The van der Waals surface area contributed by atoms with Crippen LogP contribution in [0.1, 0.15) is 32.6 Å². The summed E-state index contributed by atoms with van der Waals surface area (Å²) in [4.78, 5) is 13.9. The molecule has 0 bridgehead atoms. The minimum absolute atomic E-state index is 0.244. The Labute approximate surface area is 154 Å². The van der Waals surface area contributed by atoms with Gasteiger partial charge < -0.3 is 9.88 Å². The van der Waals surface area contributed by atoms with Crippen LogP contribution in [0.15, 0.2) is 18.6 Å². The molecule has 1 N–H and O–H groups in total. The predicted octanol–water partition coefficient (Wildman–Crippen LogP) is 2.23. The molecular weight excluding hydrogens is 350 g/mol. The van der Waals surface area contributed by atoms with Crippen molar-refractivity contribution in [2.24, 2.45) is 11.8 Å². The maximum atomic E-state index is 12.7. The molecule has 2 aromatic heterocycles. The Morgan fingerprint density at radius 1 is 1.35 bits per heavy atom. The number of sulfonamides is 1. The van der Waals surface area contributed by atoms with Crippen molar-refractivity contribution >= 4 is 26.9 Å². The summed E-state index contributed by atoms with van der Waals surface area (Å²) in [6, 6.07) is 2.32. The topological polar surface area (TPSA) is 82.2 Å². The lowest BCUT2D eigenvalue weighted by Crippen LogP contribution is -2.48. The summed E-state index contributed by atoms with van der Waals surface area (Å²) in [6.45, 7) is 3.51. The fraction of sp³-hybridized carbons (Fsp3) is 0.667. The fourth-order valence-corrected chi connectivity index (χ4v) is 6.24. The van der Waals surface area contributed by atoms with Crippen LogP contribution in [0.2, 0.25) is 0 Å². The summed E-state index contributed by atoms with van der Waals surface area (Å²) in [5.41, 5.74) is 0.833. The Bertz CT molecular complexity index is 875. The Morgan fingerprint density at radius 3 is 2.92 bits per heavy atom. The third-order valence-corrected chi connectivity index (χ3v) is 7.90. The molecule has 0 aromatic carbocycles. The fourth-order valence-electron chi connectivity index (χ4n) is 4.27. The van der Waals surface area contributed by atoms with E-state index in [2.05, 4.69) is 26.8 Å². The molecule has 8 heteroatoms. The van der Waals surface area contributed by atoms with E-state index in [0.29, 0.717) is 25.0 Å². The van der Waals surface area contributed by atoms with E-state index < -0.39 is 10.0 Å². The highest BCUT2D eigenvalue weighted by Gasteiger charge is 2.38. The first-order chi connectivity index (χ1) is 12.4. The number of piperidine rings is 1. The molecule has 1 unspecified atom stereocenters. The van der Waals surface area contributed by atoms with Crippen molar-refractivity contribution in [2.45, 2.75) is 38.6 Å². The summed E-state index contributed by atoms with van der Waals surface area (Å²) >= 11 is 0. The molecule has 2 fully saturated rings. The Morgan fingerprint density at radius 2 is 2.15 bits per heavy atom. The van der Waals surface area contributed by atoms with Crippen molar-refractivity contribution in [1.29, 1.82) is 0 Å². The second-order valence-corrected chi connectivity index (χ2v) is 9.94. The number of anilines is 1. The lowest BCUT2D eigenvalue weighted by molar-refractivity contribution is 0.259. The van der Waals surface area contributed by atoms with Gasteiger partial charge in [0.25, 0.3) is 0 Å². The van der Waals surface area contributed by atoms with E-state index in [1.165, 1.54) is 0 Å². The molecule has 0 amide bonds. The second-order valence-electron chi connectivity index (χ2n) is 7.92. The maximum Gasteiger partial charge on any atom is 0.214 e. The molecule has 1 atom stereocenters. The molecule has 7 nitrogen and oxygen atoms in total. The van der Waals surface area contributed by atoms with Gasteiger partial charge in [0.05, 0.1) is 11.1 Å². The third kappa shape index (κ3) is 3.32. The number of H-pyrrole nitrogens is 1. The van der Waals surface area contributed by atoms with Gasteiger partial charge in [-0.25, -0.2) is 22.7 Å². The zero-order valence-electron chi connectivity index (χ0n) is 15.4. The highest BCUT2D eigenvalue weighted by Crippen LogP contribution is 2.36. The summed E-state index contributed by atoms with van der Waals surface area (Å²) in [6.07, 6.45) is 7.35. The number of hydrogen-bond donors (Lipinski definition) is 1. The van der Waals surface area contributed by atoms with Gasteiger partial charge in [-0.1, -0.05) is 6.92 Å². The molecule has 1 aliphatic heterocycles. The summed E-state index contributed by atoms with van der Waals surface area (Å²) in [5.74, 6) is 1.91. The average Bonchev–Trinajstić information content (AvgIpc) is 3.06. The first-order valence-electron chi connectivity index (χ1n) is 9.43. The van der Waals surface area contributed by atoms with Crippen molar-refractivity contribution < 1.29 is 8.42 Å². The van der Waals surface area contributed by atoms with Gasteiger partial charge in [0.15, 0.2) is 0 Å². The minimum Gasteiger partial charge on any atom is -0.356 e. The smallest absolute Gasteiger partial charge is 0.214 e. The molecule has 1 aliphatic carbocycles. The third-order valence-electron chi connectivity index (χ3n) is 5.89. The van der Waals surface area contributed by atoms with E-state index >= 15 is 0 Å². The van der Waals surface area contributed by atoms with Crippen LogP contribution >= 0.6 is 0 Å². The van der Waals surface area contributed by atoms with E-state index in [0.717, 1.165) is 42.5 Å². The van der Waals surface area contributed by atoms with Crippen molar-refractivity contribution in [2.75, 3.05) is 30.8 Å². The van der Waals surface area contributed by atoms with Gasteiger partial charge in [0.2, 0.25) is 10.0 Å². The monoisotopic (exact) mass is 377 g/mol. The Balaban J connectivity index is 1.37. The van der Waals surface area contributed by atoms with Crippen LogP contribution in [0.4, 0.5) is 5.82 Å². The van der Waals surface area contributed by atoms with Crippen molar-refractivity contribution in [3.05, 3.63) is 18.6 Å². The lowest BCUT2D eigenvalue weighted by atomic mass is 9.81. The molecule has 1 saturated heterocycles. The predicted molar refractivity (Wildman–Crippen MR) is 103 cm³/mol. The van der Waals surface area contributed by atoms with Crippen molar-refractivity contribution in [1.82, 2.24) is 19.3 Å². The number of rotatable bonds is 5. The summed E-state index contributed by atoms with van der Waals surface area (Å²) in [7, 11) is -1.09. The summed E-state index contributed by atoms with van der Waals surface area (Å²) < 4.78 is 27.1. The van der Waals surface area contributed by atoms with E-state index in [9.17, 15) is 8.42 Å². The number of nitrogens with one attached hydrogen (secondary N) is 1. The zero-order chi connectivity index (χ0) is 18.3. The van der Waals surface area contributed by atoms with Crippen molar-refractivity contribution in [3.63, 3.8) is 0 Å². The number of fused-ring (bicyclic) bond motifs is 1. The van der Waals surface area contributed by atoms with Gasteiger partial charge in [-0.15, -0.1) is 0 Å². The zero-order valence-corrected chi connectivity index (χ0v) is 16.2.